The number of aromatic amines is 1. The summed E-state index contributed by atoms with van der Waals surface area (Å²) in [5.41, 5.74) is 5.21. The highest BCUT2D eigenvalue weighted by atomic mass is 16.5. The summed E-state index contributed by atoms with van der Waals surface area (Å²) in [5, 5.41) is 4.16. The smallest absolute Gasteiger partial charge is 0.249 e. The summed E-state index contributed by atoms with van der Waals surface area (Å²) in [5.74, 6) is 0.975. The van der Waals surface area contributed by atoms with Crippen LogP contribution in [0.3, 0.4) is 0 Å². The minimum atomic E-state index is -0.589. The Morgan fingerprint density at radius 3 is 2.44 bits per heavy atom. The number of para-hydroxylation sites is 1. The largest absolute Gasteiger partial charge is 0.493 e. The van der Waals surface area contributed by atoms with Crippen LogP contribution in [0, 0.1) is 0 Å². The van der Waals surface area contributed by atoms with Gasteiger partial charge in [-0.05, 0) is 17.7 Å². The molecular weight excluding hydrogens is 402 g/mol. The van der Waals surface area contributed by atoms with Crippen LogP contribution in [0.5, 0.6) is 11.5 Å². The van der Waals surface area contributed by atoms with Gasteiger partial charge in [-0.15, -0.1) is 0 Å². The Morgan fingerprint density at radius 2 is 1.66 bits per heavy atom. The maximum absolute atomic E-state index is 13.3. The van der Waals surface area contributed by atoms with Gasteiger partial charge in [-0.1, -0.05) is 48.5 Å². The highest BCUT2D eigenvalue weighted by Crippen LogP contribution is 2.36. The Balaban J connectivity index is 1.64. The van der Waals surface area contributed by atoms with E-state index >= 15 is 0 Å². The zero-order chi connectivity index (χ0) is 22.1. The van der Waals surface area contributed by atoms with Crippen molar-refractivity contribution in [1.82, 2.24) is 4.98 Å². The molecule has 0 saturated carbocycles. The molecule has 2 N–H and O–H groups in total. The summed E-state index contributed by atoms with van der Waals surface area (Å²) in [7, 11) is 3.17. The van der Waals surface area contributed by atoms with Gasteiger partial charge in [0, 0.05) is 40.7 Å². The van der Waals surface area contributed by atoms with Crippen molar-refractivity contribution in [2.75, 3.05) is 19.5 Å². The normalized spacial score (nSPS) is 15.5. The molecule has 6 nitrogen and oxygen atoms in total. The van der Waals surface area contributed by atoms with Crippen LogP contribution in [0.4, 0.5) is 5.69 Å². The minimum Gasteiger partial charge on any atom is -0.493 e. The Kier molecular flexibility index (Phi) is 5.11. The molecular formula is C26H23N3O3. The van der Waals surface area contributed by atoms with E-state index < -0.39 is 6.04 Å². The van der Waals surface area contributed by atoms with Crippen LogP contribution in [0.1, 0.15) is 16.7 Å². The van der Waals surface area contributed by atoms with Crippen molar-refractivity contribution in [1.29, 1.82) is 0 Å². The van der Waals surface area contributed by atoms with E-state index in [1.807, 2.05) is 60.8 Å². The number of anilines is 1. The third kappa shape index (κ3) is 3.50. The number of nitrogens with zero attached hydrogens (tertiary/aromatic N) is 1. The van der Waals surface area contributed by atoms with Crippen LogP contribution < -0.4 is 14.8 Å². The molecule has 6 heteroatoms. The summed E-state index contributed by atoms with van der Waals surface area (Å²) in [6.45, 7) is 0. The second-order valence-electron chi connectivity index (χ2n) is 7.67. The molecule has 5 rings (SSSR count). The quantitative estimate of drug-likeness (QED) is 0.491. The first-order valence-electron chi connectivity index (χ1n) is 10.4. The second kappa shape index (κ2) is 8.23. The van der Waals surface area contributed by atoms with E-state index in [2.05, 4.69) is 16.4 Å². The van der Waals surface area contributed by atoms with Gasteiger partial charge in [-0.25, -0.2) is 0 Å². The molecule has 0 aliphatic carbocycles. The van der Waals surface area contributed by atoms with Crippen molar-refractivity contribution < 1.29 is 14.3 Å². The number of aliphatic imine (C=N–C) groups is 1. The number of rotatable bonds is 5. The predicted octanol–water partition coefficient (Wildman–Crippen LogP) is 4.59. The van der Waals surface area contributed by atoms with Gasteiger partial charge in [0.05, 0.1) is 25.6 Å². The zero-order valence-corrected chi connectivity index (χ0v) is 17.9. The van der Waals surface area contributed by atoms with E-state index in [9.17, 15) is 4.79 Å². The lowest BCUT2D eigenvalue weighted by Gasteiger charge is -2.15. The fourth-order valence-electron chi connectivity index (χ4n) is 4.15. The van der Waals surface area contributed by atoms with Gasteiger partial charge in [0.1, 0.15) is 6.04 Å². The van der Waals surface area contributed by atoms with Crippen LogP contribution in [-0.2, 0) is 11.2 Å². The van der Waals surface area contributed by atoms with Crippen molar-refractivity contribution in [3.63, 3.8) is 0 Å². The summed E-state index contributed by atoms with van der Waals surface area (Å²) < 4.78 is 11.0. The number of amides is 1. The molecule has 0 fully saturated rings. The van der Waals surface area contributed by atoms with Gasteiger partial charge >= 0.3 is 0 Å². The van der Waals surface area contributed by atoms with Gasteiger partial charge in [0.25, 0.3) is 0 Å². The van der Waals surface area contributed by atoms with Crippen molar-refractivity contribution in [3.05, 3.63) is 89.6 Å². The molecule has 0 saturated heterocycles. The number of hydrogen-bond donors (Lipinski definition) is 2. The molecule has 1 aliphatic heterocycles. The van der Waals surface area contributed by atoms with Gasteiger partial charge < -0.3 is 19.8 Å². The van der Waals surface area contributed by atoms with Crippen LogP contribution in [-0.4, -0.2) is 36.9 Å². The summed E-state index contributed by atoms with van der Waals surface area (Å²) >= 11 is 0. The molecule has 1 atom stereocenters. The van der Waals surface area contributed by atoms with Crippen molar-refractivity contribution in [3.8, 4) is 11.5 Å². The SMILES string of the molecule is COc1cc2c(cc1OC)C(c1ccccc1)=NC(Cc1c[nH]c3ccccc13)C(=O)N2. The molecule has 1 aromatic heterocycles. The number of fused-ring (bicyclic) bond motifs is 2. The van der Waals surface area contributed by atoms with Crippen LogP contribution in [0.25, 0.3) is 10.9 Å². The van der Waals surface area contributed by atoms with Crippen LogP contribution in [0.2, 0.25) is 0 Å². The maximum atomic E-state index is 13.3. The number of methoxy groups -OCH3 is 2. The lowest BCUT2D eigenvalue weighted by molar-refractivity contribution is -0.117. The topological polar surface area (TPSA) is 75.7 Å². The number of aromatic nitrogens is 1. The lowest BCUT2D eigenvalue weighted by Crippen LogP contribution is -2.27. The van der Waals surface area contributed by atoms with Crippen molar-refractivity contribution in [2.45, 2.75) is 12.5 Å². The highest BCUT2D eigenvalue weighted by molar-refractivity contribution is 6.20. The van der Waals surface area contributed by atoms with E-state index in [1.54, 1.807) is 20.3 Å². The van der Waals surface area contributed by atoms with E-state index in [0.29, 0.717) is 23.6 Å². The number of ether oxygens (including phenoxy) is 2. The number of benzodiazepines with no additional fused rings is 1. The van der Waals surface area contributed by atoms with Gasteiger partial charge in [0.15, 0.2) is 11.5 Å². The van der Waals surface area contributed by atoms with E-state index in [4.69, 9.17) is 14.5 Å². The zero-order valence-electron chi connectivity index (χ0n) is 17.9. The molecule has 4 aromatic rings. The third-order valence-electron chi connectivity index (χ3n) is 5.76. The Morgan fingerprint density at radius 1 is 0.938 bits per heavy atom. The molecule has 1 unspecified atom stereocenters. The minimum absolute atomic E-state index is 0.158. The average Bonchev–Trinajstić information content (AvgIpc) is 3.18. The fourth-order valence-corrected chi connectivity index (χ4v) is 4.15. The monoisotopic (exact) mass is 425 g/mol. The fraction of sp³-hybridized carbons (Fsp3) is 0.154. The van der Waals surface area contributed by atoms with Gasteiger partial charge in [0.2, 0.25) is 5.91 Å². The Bertz CT molecular complexity index is 1320. The lowest BCUT2D eigenvalue weighted by atomic mass is 9.99. The maximum Gasteiger partial charge on any atom is 0.249 e. The van der Waals surface area contributed by atoms with Crippen molar-refractivity contribution in [2.24, 2.45) is 4.99 Å². The molecule has 160 valence electrons. The van der Waals surface area contributed by atoms with E-state index in [1.165, 1.54) is 0 Å². The molecule has 0 bridgehead atoms. The first-order chi connectivity index (χ1) is 15.7. The second-order valence-corrected chi connectivity index (χ2v) is 7.67. The molecule has 3 aromatic carbocycles. The molecule has 1 amide bonds. The number of nitrogens with one attached hydrogen (secondary N) is 2. The number of carbonyl (C=O) groups is 1. The van der Waals surface area contributed by atoms with E-state index in [0.717, 1.165) is 33.3 Å². The number of hydrogen-bond acceptors (Lipinski definition) is 4. The molecule has 32 heavy (non-hydrogen) atoms. The molecule has 0 spiro atoms. The predicted molar refractivity (Wildman–Crippen MR) is 126 cm³/mol. The summed E-state index contributed by atoms with van der Waals surface area (Å²) in [4.78, 5) is 21.5. The Hall–Kier alpha value is -4.06. The molecule has 1 aliphatic rings. The standard InChI is InChI=1S/C26H23N3O3/c1-31-23-13-19-21(14-24(23)32-2)29-26(30)22(28-25(19)16-8-4-3-5-9-16)12-17-15-27-20-11-7-6-10-18(17)20/h3-11,13-15,22,27H,12H2,1-2H3,(H,29,30). The van der Waals surface area contributed by atoms with Crippen molar-refractivity contribution >= 4 is 28.2 Å². The molecule has 2 heterocycles. The number of benzene rings is 3. The Labute approximate surface area is 185 Å². The van der Waals surface area contributed by atoms with Gasteiger partial charge in [-0.3, -0.25) is 9.79 Å². The number of H-pyrrole nitrogens is 1. The first-order valence-corrected chi connectivity index (χ1v) is 10.4. The highest BCUT2D eigenvalue weighted by Gasteiger charge is 2.28. The van der Waals surface area contributed by atoms with E-state index in [-0.39, 0.29) is 5.91 Å². The van der Waals surface area contributed by atoms with Crippen LogP contribution >= 0.6 is 0 Å². The van der Waals surface area contributed by atoms with Crippen LogP contribution in [0.15, 0.2) is 77.9 Å². The summed E-state index contributed by atoms with van der Waals surface area (Å²) in [6, 6.07) is 21.0. The summed E-state index contributed by atoms with van der Waals surface area (Å²) in [6.07, 6.45) is 2.44. The molecule has 0 radical (unpaired) electrons. The first kappa shape index (κ1) is 19.9. The number of carbonyl (C=O) groups excluding carboxylic acids is 1. The third-order valence-corrected chi connectivity index (χ3v) is 5.76. The van der Waals surface area contributed by atoms with Gasteiger partial charge in [-0.2, -0.15) is 0 Å². The average molecular weight is 425 g/mol.